The Bertz CT molecular complexity index is 1690. The van der Waals surface area contributed by atoms with Gasteiger partial charge in [0.05, 0.1) is 16.1 Å². The largest absolute Gasteiger partial charge is 0.411 e. The van der Waals surface area contributed by atoms with Gasteiger partial charge >= 0.3 is 6.18 Å². The lowest BCUT2D eigenvalue weighted by Crippen LogP contribution is -2.39. The van der Waals surface area contributed by atoms with E-state index in [1.54, 1.807) is 32.0 Å². The molecular weight excluding hydrogens is 536 g/mol. The molecule has 39 heavy (non-hydrogen) atoms. The van der Waals surface area contributed by atoms with E-state index in [0.717, 1.165) is 0 Å². The average molecular weight is 561 g/mol. The molecule has 0 unspecified atom stereocenters. The number of rotatable bonds is 7. The summed E-state index contributed by atoms with van der Waals surface area (Å²) in [4.78, 5) is 13.2. The molecule has 13 heteroatoms. The van der Waals surface area contributed by atoms with Crippen molar-refractivity contribution >= 4 is 32.8 Å². The topological polar surface area (TPSA) is 123 Å². The molecule has 0 spiro atoms. The Morgan fingerprint density at radius 3 is 2.31 bits per heavy atom. The Labute approximate surface area is 221 Å². The number of nitrogens with two attached hydrogens (primary N) is 1. The summed E-state index contributed by atoms with van der Waals surface area (Å²) in [6.07, 6.45) is -4.72. The predicted molar refractivity (Wildman–Crippen MR) is 139 cm³/mol. The zero-order valence-corrected chi connectivity index (χ0v) is 21.7. The fraction of sp³-hybridized carbons (Fsp3) is 0.269. The molecule has 0 radical (unpaired) electrons. The first-order valence-electron chi connectivity index (χ1n) is 11.9. The van der Waals surface area contributed by atoms with Gasteiger partial charge in [-0.2, -0.15) is 18.2 Å². The molecule has 8 nitrogen and oxygen atoms in total. The summed E-state index contributed by atoms with van der Waals surface area (Å²) in [5.41, 5.74) is 0.996. The predicted octanol–water partition coefficient (Wildman–Crippen LogP) is 5.21. The first-order valence-corrected chi connectivity index (χ1v) is 13.5. The summed E-state index contributed by atoms with van der Waals surface area (Å²) in [5, 5.41) is 10.9. The van der Waals surface area contributed by atoms with Gasteiger partial charge in [-0.3, -0.25) is 0 Å². The van der Waals surface area contributed by atoms with Crippen LogP contribution >= 0.6 is 0 Å². The molecule has 0 saturated heterocycles. The maximum absolute atomic E-state index is 13.8. The number of alkyl halides is 3. The summed E-state index contributed by atoms with van der Waals surface area (Å²) in [5.74, 6) is -0.508. The number of primary sulfonamides is 1. The molecule has 2 aromatic heterocycles. The zero-order valence-electron chi connectivity index (χ0n) is 20.9. The molecule has 1 fully saturated rings. The van der Waals surface area contributed by atoms with Crippen LogP contribution in [-0.2, 0) is 16.6 Å². The molecule has 1 aliphatic rings. The molecular formula is C26H24F4N6O2S. The second-order valence-electron chi connectivity index (χ2n) is 9.62. The van der Waals surface area contributed by atoms with Crippen molar-refractivity contribution in [1.29, 1.82) is 0 Å². The number of nitrogens with one attached hydrogen (secondary N) is 2. The van der Waals surface area contributed by atoms with Crippen LogP contribution in [-0.4, -0.2) is 35.1 Å². The van der Waals surface area contributed by atoms with Crippen molar-refractivity contribution in [1.82, 2.24) is 15.0 Å². The van der Waals surface area contributed by atoms with Crippen molar-refractivity contribution in [2.75, 3.05) is 10.6 Å². The van der Waals surface area contributed by atoms with Crippen LogP contribution in [0.3, 0.4) is 0 Å². The lowest BCUT2D eigenvalue weighted by Gasteiger charge is -2.22. The first-order chi connectivity index (χ1) is 18.3. The van der Waals surface area contributed by atoms with Gasteiger partial charge in [-0.15, -0.1) is 0 Å². The summed E-state index contributed by atoms with van der Waals surface area (Å²) >= 11 is 0. The van der Waals surface area contributed by atoms with E-state index in [1.807, 2.05) is 0 Å². The van der Waals surface area contributed by atoms with E-state index in [9.17, 15) is 26.0 Å². The number of aromatic nitrogens is 3. The number of pyridine rings is 1. The monoisotopic (exact) mass is 560 g/mol. The van der Waals surface area contributed by atoms with Crippen LogP contribution in [0, 0.1) is 19.7 Å². The molecule has 0 atom stereocenters. The van der Waals surface area contributed by atoms with E-state index >= 15 is 0 Å². The fourth-order valence-electron chi connectivity index (χ4n) is 4.34. The third kappa shape index (κ3) is 5.36. The molecule has 0 bridgehead atoms. The van der Waals surface area contributed by atoms with Crippen LogP contribution in [0.15, 0.2) is 53.4 Å². The van der Waals surface area contributed by atoms with Crippen LogP contribution in [0.2, 0.25) is 0 Å². The molecule has 1 saturated carbocycles. The summed E-state index contributed by atoms with van der Waals surface area (Å²) in [6.45, 7) is 3.43. The number of benzene rings is 2. The summed E-state index contributed by atoms with van der Waals surface area (Å²) in [6, 6.07) is 12.1. The van der Waals surface area contributed by atoms with Crippen molar-refractivity contribution in [2.24, 2.45) is 5.14 Å². The van der Waals surface area contributed by atoms with E-state index in [1.165, 1.54) is 30.3 Å². The number of hydrogen-bond donors (Lipinski definition) is 3. The second-order valence-corrected chi connectivity index (χ2v) is 11.1. The van der Waals surface area contributed by atoms with E-state index < -0.39 is 27.6 Å². The highest BCUT2D eigenvalue weighted by Crippen LogP contribution is 2.51. The van der Waals surface area contributed by atoms with Crippen molar-refractivity contribution in [3.05, 3.63) is 71.0 Å². The highest BCUT2D eigenvalue weighted by molar-refractivity contribution is 7.89. The first kappa shape index (κ1) is 26.8. The van der Waals surface area contributed by atoms with E-state index in [0.29, 0.717) is 27.9 Å². The lowest BCUT2D eigenvalue weighted by atomic mass is 10.1. The van der Waals surface area contributed by atoms with Gasteiger partial charge in [-0.25, -0.2) is 27.9 Å². The highest BCUT2D eigenvalue weighted by atomic mass is 32.2. The molecule has 0 aliphatic heterocycles. The molecule has 4 N–H and O–H groups in total. The molecule has 4 aromatic rings. The van der Waals surface area contributed by atoms with Crippen molar-refractivity contribution < 1.29 is 26.0 Å². The van der Waals surface area contributed by atoms with E-state index in [2.05, 4.69) is 25.6 Å². The number of hydrogen-bond acceptors (Lipinski definition) is 7. The highest BCUT2D eigenvalue weighted by Gasteiger charge is 2.64. The van der Waals surface area contributed by atoms with Gasteiger partial charge in [0.1, 0.15) is 16.9 Å². The Balaban J connectivity index is 1.55. The van der Waals surface area contributed by atoms with Gasteiger partial charge in [-0.05, 0) is 85.8 Å². The molecule has 5 rings (SSSR count). The van der Waals surface area contributed by atoms with Gasteiger partial charge < -0.3 is 10.6 Å². The number of halogens is 4. The van der Waals surface area contributed by atoms with Crippen molar-refractivity contribution in [3.8, 4) is 11.3 Å². The normalized spacial score (nSPS) is 14.8. The van der Waals surface area contributed by atoms with Gasteiger partial charge in [0.2, 0.25) is 16.0 Å². The second kappa shape index (κ2) is 9.42. The number of nitrogens with zero attached hydrogens (tertiary/aromatic N) is 3. The minimum Gasteiger partial charge on any atom is -0.354 e. The van der Waals surface area contributed by atoms with Gasteiger partial charge in [0, 0.05) is 12.1 Å². The smallest absolute Gasteiger partial charge is 0.354 e. The van der Waals surface area contributed by atoms with E-state index in [4.69, 9.17) is 5.14 Å². The van der Waals surface area contributed by atoms with Gasteiger partial charge in [-0.1, -0.05) is 6.07 Å². The van der Waals surface area contributed by atoms with Crippen LogP contribution < -0.4 is 15.8 Å². The van der Waals surface area contributed by atoms with Crippen LogP contribution in [0.1, 0.15) is 29.5 Å². The minimum absolute atomic E-state index is 0.0144. The van der Waals surface area contributed by atoms with Crippen molar-refractivity contribution in [2.45, 2.75) is 49.8 Å². The Hall–Kier alpha value is -3.84. The van der Waals surface area contributed by atoms with Crippen LogP contribution in [0.4, 0.5) is 29.3 Å². The van der Waals surface area contributed by atoms with Crippen LogP contribution in [0.25, 0.3) is 22.3 Å². The zero-order chi connectivity index (χ0) is 28.2. The SMILES string of the molecule is Cc1cc(CNc2nc(NC3(C(F)(F)F)CC3)c3nc(-c4ccc(F)cc4)ccc3n2)c(C)c(S(N)(=O)=O)c1. The number of aryl methyl sites for hydroxylation is 1. The lowest BCUT2D eigenvalue weighted by molar-refractivity contribution is -0.151. The van der Waals surface area contributed by atoms with E-state index in [-0.39, 0.29) is 47.1 Å². The summed E-state index contributed by atoms with van der Waals surface area (Å²) in [7, 11) is -3.96. The number of sulfonamides is 1. The number of fused-ring (bicyclic) bond motifs is 1. The van der Waals surface area contributed by atoms with Gasteiger partial charge in [0.15, 0.2) is 5.82 Å². The van der Waals surface area contributed by atoms with Crippen LogP contribution in [0.5, 0.6) is 0 Å². The average Bonchev–Trinajstić information content (AvgIpc) is 3.65. The van der Waals surface area contributed by atoms with Gasteiger partial charge in [0.25, 0.3) is 0 Å². The molecule has 2 aromatic carbocycles. The summed E-state index contributed by atoms with van der Waals surface area (Å²) < 4.78 is 78.8. The quantitative estimate of drug-likeness (QED) is 0.265. The molecule has 0 amide bonds. The minimum atomic E-state index is -4.50. The molecule has 1 aliphatic carbocycles. The van der Waals surface area contributed by atoms with Crippen molar-refractivity contribution in [3.63, 3.8) is 0 Å². The third-order valence-corrected chi connectivity index (χ3v) is 7.73. The Morgan fingerprint density at radius 1 is 1.00 bits per heavy atom. The molecule has 2 heterocycles. The Morgan fingerprint density at radius 2 is 1.69 bits per heavy atom. The number of anilines is 2. The maximum atomic E-state index is 13.8. The molecule has 204 valence electrons. The maximum Gasteiger partial charge on any atom is 0.411 e. The standard InChI is InChI=1S/C26H24F4N6O2S/c1-14-11-17(15(2)21(12-14)39(31,37)38)13-32-24-34-20-8-7-19(16-3-5-18(27)6-4-16)33-22(20)23(35-24)36-25(9-10-25)26(28,29)30/h3-8,11-12H,9-10,13H2,1-2H3,(H2,31,37,38)(H2,32,34,35,36). The Kier molecular flexibility index (Phi) is 6.46. The fourth-order valence-corrected chi connectivity index (χ4v) is 5.25. The third-order valence-electron chi connectivity index (χ3n) is 6.69.